The molecule has 7 N–H and O–H groups in total. The number of nitrogens with zero attached hydrogens (tertiary/aromatic N) is 2. The van der Waals surface area contributed by atoms with E-state index in [0.717, 1.165) is 56.8 Å². The summed E-state index contributed by atoms with van der Waals surface area (Å²) in [5.74, 6) is -0.551. The Morgan fingerprint density at radius 3 is 2.13 bits per heavy atom. The molecule has 18 atom stereocenters. The predicted octanol–water partition coefficient (Wildman–Crippen LogP) is 7.23. The number of hydrogen-bond acceptors (Lipinski definition) is 15. The standard InChI is InChI=1S/C32H61NO5.C25H37FN2O6.CH4O.CH2O/c1-12-27-23(6)28(34)25(8)33(11)19-21(4)16-32(10,36)17-22(5)29(24(7)30(35)38-27)37-26-14-20(3)15-31(9,13-2)18-26;1-4-5-17(11-13-29)18-6-8-19(9-7-18)23(31)20(15-26)27-22(30)10-12-28(3)21-14-16(2)34-25(33)24(21)32;2*1-2/h20-29,34,36H,12-19H2,1-11H3;5-9,13,16,20-21,23-25,31-33H,4,10-12,14-15H2,1-3H3,(H,27,30);2H,1H3;1H2/b;17-5+;;/t20?,21-,22-,23+,24?,25?,26-,27-,28?,29+,31+,32-;;;/m1.../s1. The van der Waals surface area contributed by atoms with Crippen LogP contribution in [0.3, 0.4) is 0 Å². The van der Waals surface area contributed by atoms with E-state index in [1.807, 2.05) is 61.5 Å². The Labute approximate surface area is 456 Å². The van der Waals surface area contributed by atoms with Gasteiger partial charge < -0.3 is 69.6 Å². The highest BCUT2D eigenvalue weighted by Crippen LogP contribution is 2.44. The third-order valence-electron chi connectivity index (χ3n) is 16.1. The van der Waals surface area contributed by atoms with Crippen molar-refractivity contribution in [3.63, 3.8) is 0 Å². The fourth-order valence-electron chi connectivity index (χ4n) is 11.9. The monoisotopic (exact) mass is 1080 g/mol. The van der Waals surface area contributed by atoms with Gasteiger partial charge in [-0.2, -0.15) is 0 Å². The van der Waals surface area contributed by atoms with E-state index in [1.54, 1.807) is 43.1 Å². The Bertz CT molecular complexity index is 1840. The number of cyclic esters (lactones) is 1. The van der Waals surface area contributed by atoms with Gasteiger partial charge in [-0.05, 0) is 133 Å². The lowest BCUT2D eigenvalue weighted by Crippen LogP contribution is -2.54. The van der Waals surface area contributed by atoms with Crippen LogP contribution < -0.4 is 5.32 Å². The minimum absolute atomic E-state index is 0.0188. The lowest BCUT2D eigenvalue weighted by Gasteiger charge is -2.44. The van der Waals surface area contributed by atoms with Gasteiger partial charge in [0.05, 0.1) is 42.0 Å². The van der Waals surface area contributed by atoms with Gasteiger partial charge in [0, 0.05) is 51.0 Å². The van der Waals surface area contributed by atoms with Crippen molar-refractivity contribution in [3.05, 3.63) is 41.5 Å². The van der Waals surface area contributed by atoms with E-state index in [2.05, 4.69) is 44.8 Å². The third-order valence-corrected chi connectivity index (χ3v) is 16.1. The maximum absolute atomic E-state index is 13.7. The first-order valence-electron chi connectivity index (χ1n) is 27.9. The zero-order valence-corrected chi connectivity index (χ0v) is 49.1. The number of carbonyl (C=O) groups is 4. The van der Waals surface area contributed by atoms with Crippen LogP contribution in [0.4, 0.5) is 4.39 Å². The predicted molar refractivity (Wildman–Crippen MR) is 297 cm³/mol. The molecule has 0 aromatic heterocycles. The van der Waals surface area contributed by atoms with Crippen molar-refractivity contribution in [2.75, 3.05) is 41.0 Å². The molecule has 440 valence electrons. The molecule has 4 rings (SSSR count). The number of carbonyl (C=O) groups excluding carboxylic acids is 4. The number of esters is 1. The zero-order chi connectivity index (χ0) is 58.2. The van der Waals surface area contributed by atoms with E-state index < -0.39 is 54.7 Å². The third kappa shape index (κ3) is 22.1. The molecule has 1 aliphatic carbocycles. The number of likely N-dealkylation sites (N-methyl/N-ethyl adjacent to an activating group) is 2. The minimum Gasteiger partial charge on any atom is -0.462 e. The van der Waals surface area contributed by atoms with E-state index in [4.69, 9.17) is 24.1 Å². The quantitative estimate of drug-likeness (QED) is 0.0639. The summed E-state index contributed by atoms with van der Waals surface area (Å²) < 4.78 is 31.9. The summed E-state index contributed by atoms with van der Waals surface area (Å²) in [6.45, 7) is 27.0. The van der Waals surface area contributed by atoms with Crippen molar-refractivity contribution < 1.29 is 68.4 Å². The molecule has 16 nitrogen and oxygen atoms in total. The molecule has 1 aromatic rings. The number of amides is 1. The molecule has 1 saturated carbocycles. The summed E-state index contributed by atoms with van der Waals surface area (Å²) in [5.41, 5.74) is 1.55. The number of benzene rings is 1. The zero-order valence-electron chi connectivity index (χ0n) is 49.1. The van der Waals surface area contributed by atoms with Gasteiger partial charge in [-0.15, -0.1) is 0 Å². The molecule has 0 spiro atoms. The van der Waals surface area contributed by atoms with Crippen LogP contribution >= 0.6 is 0 Å². The molecule has 2 saturated heterocycles. The summed E-state index contributed by atoms with van der Waals surface area (Å²) in [6, 6.07) is 5.28. The SMILES string of the molecule is C=O.CC/C=C(\CC=O)c1ccc(C(O)C(CF)NC(=O)CCN(C)C2CC(C)OC(O)C2O)cc1.CC[C@H]1OC(=O)C(C)[C@@H](O[C@@H]2CC(C)C[C@](C)(CC)C2)[C@H](C)C[C@](C)(O)C[C@@H](C)CN(C)C(C)C(O)[C@H]1C.CO. The average molecular weight is 1080 g/mol. The molecule has 17 heteroatoms. The Balaban J connectivity index is 0.000000717. The number of hydrogen-bond donors (Lipinski definition) is 7. The van der Waals surface area contributed by atoms with Gasteiger partial charge >= 0.3 is 5.97 Å². The second kappa shape index (κ2) is 34.7. The van der Waals surface area contributed by atoms with Gasteiger partial charge in [0.2, 0.25) is 5.91 Å². The van der Waals surface area contributed by atoms with Gasteiger partial charge in [0.1, 0.15) is 38.1 Å². The molecule has 2 heterocycles. The maximum Gasteiger partial charge on any atom is 0.311 e. The van der Waals surface area contributed by atoms with E-state index in [-0.39, 0.29) is 85.0 Å². The normalized spacial score (nSPS) is 34.9. The summed E-state index contributed by atoms with van der Waals surface area (Å²) in [4.78, 5) is 48.9. The number of aliphatic hydroxyl groups is 6. The molecular weight excluding hydrogens is 978 g/mol. The van der Waals surface area contributed by atoms with Gasteiger partial charge in [0.15, 0.2) is 6.29 Å². The number of ether oxygens (including phenoxy) is 3. The summed E-state index contributed by atoms with van der Waals surface area (Å²) >= 11 is 0. The van der Waals surface area contributed by atoms with Crippen molar-refractivity contribution in [2.45, 2.75) is 226 Å². The van der Waals surface area contributed by atoms with Gasteiger partial charge in [0.25, 0.3) is 0 Å². The Morgan fingerprint density at radius 2 is 1.58 bits per heavy atom. The Kier molecular flexibility index (Phi) is 32.3. The molecule has 0 radical (unpaired) electrons. The van der Waals surface area contributed by atoms with E-state index in [9.17, 15) is 44.3 Å². The highest BCUT2D eigenvalue weighted by molar-refractivity contribution is 5.77. The fraction of sp³-hybridized carbons (Fsp3) is 0.797. The number of alkyl halides is 1. The second-order valence-corrected chi connectivity index (χ2v) is 23.1. The van der Waals surface area contributed by atoms with Crippen LogP contribution in [0.15, 0.2) is 30.3 Å². The van der Waals surface area contributed by atoms with Crippen LogP contribution in [0.25, 0.3) is 5.57 Å². The molecule has 0 bridgehead atoms. The van der Waals surface area contributed by atoms with E-state index >= 15 is 0 Å². The summed E-state index contributed by atoms with van der Waals surface area (Å²) in [6.07, 6.45) is 5.49. The molecule has 76 heavy (non-hydrogen) atoms. The molecule has 3 fully saturated rings. The first kappa shape index (κ1) is 70.8. The van der Waals surface area contributed by atoms with Crippen molar-refractivity contribution in [1.29, 1.82) is 0 Å². The maximum atomic E-state index is 13.7. The van der Waals surface area contributed by atoms with Crippen LogP contribution in [0.5, 0.6) is 0 Å². The highest BCUT2D eigenvalue weighted by Gasteiger charge is 2.43. The molecule has 1 aromatic carbocycles. The molecule has 2 aliphatic heterocycles. The summed E-state index contributed by atoms with van der Waals surface area (Å²) in [7, 11) is 4.77. The first-order chi connectivity index (χ1) is 35.7. The average Bonchev–Trinajstić information content (AvgIpc) is 3.38. The fourth-order valence-corrected chi connectivity index (χ4v) is 11.9. The van der Waals surface area contributed by atoms with Gasteiger partial charge in [-0.3, -0.25) is 9.59 Å². The highest BCUT2D eigenvalue weighted by atomic mass is 19.1. The van der Waals surface area contributed by atoms with E-state index in [1.165, 1.54) is 6.42 Å². The smallest absolute Gasteiger partial charge is 0.311 e. The van der Waals surface area contributed by atoms with Crippen LogP contribution in [0.1, 0.15) is 171 Å². The molecular formula is C59H104FN3O13. The van der Waals surface area contributed by atoms with Crippen LogP contribution in [-0.4, -0.2) is 173 Å². The number of nitrogens with one attached hydrogen (secondary N) is 1. The van der Waals surface area contributed by atoms with Crippen molar-refractivity contribution in [3.8, 4) is 0 Å². The number of allylic oxidation sites excluding steroid dienone is 2. The lowest BCUT2D eigenvalue weighted by atomic mass is 9.68. The second-order valence-electron chi connectivity index (χ2n) is 23.1. The van der Waals surface area contributed by atoms with E-state index in [0.29, 0.717) is 37.2 Å². The van der Waals surface area contributed by atoms with Crippen molar-refractivity contribution in [1.82, 2.24) is 15.1 Å². The lowest BCUT2D eigenvalue weighted by molar-refractivity contribution is -0.231. The van der Waals surface area contributed by atoms with Crippen molar-refractivity contribution in [2.24, 2.45) is 35.0 Å². The number of aldehydes is 1. The molecule has 10 unspecified atom stereocenters. The number of halogens is 1. The van der Waals surface area contributed by atoms with Gasteiger partial charge in [-0.25, -0.2) is 4.39 Å². The number of rotatable bonds is 16. The van der Waals surface area contributed by atoms with Crippen LogP contribution in [-0.2, 0) is 33.4 Å². The summed E-state index contributed by atoms with van der Waals surface area (Å²) in [5, 5.41) is 62.9. The Hall–Kier alpha value is -3.23. The largest absolute Gasteiger partial charge is 0.462 e. The minimum atomic E-state index is -1.28. The number of aliphatic hydroxyl groups excluding tert-OH is 5. The molecule has 3 aliphatic rings. The first-order valence-corrected chi connectivity index (χ1v) is 27.9. The Morgan fingerprint density at radius 1 is 0.961 bits per heavy atom. The van der Waals surface area contributed by atoms with Gasteiger partial charge in [-0.1, -0.05) is 92.2 Å². The van der Waals surface area contributed by atoms with Crippen LogP contribution in [0.2, 0.25) is 0 Å². The topological polar surface area (TPSA) is 236 Å². The van der Waals surface area contributed by atoms with Crippen molar-refractivity contribution >= 4 is 30.5 Å². The molecule has 1 amide bonds. The van der Waals surface area contributed by atoms with Crippen LogP contribution in [0, 0.1) is 35.0 Å².